The summed E-state index contributed by atoms with van der Waals surface area (Å²) in [5.41, 5.74) is 1.13. The molecule has 0 aliphatic carbocycles. The van der Waals surface area contributed by atoms with Crippen LogP contribution in [0.3, 0.4) is 0 Å². The van der Waals surface area contributed by atoms with E-state index in [0.717, 1.165) is 0 Å². The Morgan fingerprint density at radius 1 is 1.35 bits per heavy atom. The van der Waals surface area contributed by atoms with E-state index in [0.29, 0.717) is 30.3 Å². The van der Waals surface area contributed by atoms with E-state index in [9.17, 15) is 4.79 Å². The van der Waals surface area contributed by atoms with Crippen molar-refractivity contribution in [3.05, 3.63) is 41.9 Å². The molecule has 2 aromatic rings. The third-order valence-electron chi connectivity index (χ3n) is 2.74. The number of hydrogen-bond donors (Lipinski definition) is 0. The van der Waals surface area contributed by atoms with Gasteiger partial charge in [-0.25, -0.2) is 9.78 Å². The third kappa shape index (κ3) is 3.14. The first-order valence-corrected chi connectivity index (χ1v) is 6.51. The van der Waals surface area contributed by atoms with Crippen molar-refractivity contribution in [1.29, 1.82) is 0 Å². The Bertz CT molecular complexity index is 566. The monoisotopic (exact) mass is 275 g/mol. The molecule has 20 heavy (non-hydrogen) atoms. The molecule has 2 rings (SSSR count). The van der Waals surface area contributed by atoms with Crippen LogP contribution in [-0.4, -0.2) is 27.3 Å². The van der Waals surface area contributed by atoms with E-state index in [-0.39, 0.29) is 12.6 Å². The zero-order valence-corrected chi connectivity index (χ0v) is 11.6. The Kier molecular flexibility index (Phi) is 4.70. The molecule has 0 fully saturated rings. The fourth-order valence-corrected chi connectivity index (χ4v) is 1.79. The predicted octanol–water partition coefficient (Wildman–Crippen LogP) is 2.05. The molecule has 0 bridgehead atoms. The standard InChI is InChI=1S/C14H17N3O3/c1-3-17-12(10-20-13-7-5-6-8-15-13)11(9-16-17)14(18)19-4-2/h5-9H,3-4,10H2,1-2H3. The summed E-state index contributed by atoms with van der Waals surface area (Å²) in [7, 11) is 0. The fraction of sp³-hybridized carbons (Fsp3) is 0.357. The number of hydrogen-bond acceptors (Lipinski definition) is 5. The maximum absolute atomic E-state index is 11.9. The van der Waals surface area contributed by atoms with Gasteiger partial charge < -0.3 is 9.47 Å². The summed E-state index contributed by atoms with van der Waals surface area (Å²) < 4.78 is 12.3. The lowest BCUT2D eigenvalue weighted by Gasteiger charge is -2.09. The van der Waals surface area contributed by atoms with Crippen LogP contribution in [0.4, 0.5) is 0 Å². The molecule has 0 radical (unpaired) electrons. The van der Waals surface area contributed by atoms with E-state index in [4.69, 9.17) is 9.47 Å². The Hall–Kier alpha value is -2.37. The van der Waals surface area contributed by atoms with Crippen LogP contribution in [0.1, 0.15) is 29.9 Å². The lowest BCUT2D eigenvalue weighted by atomic mass is 10.2. The summed E-state index contributed by atoms with van der Waals surface area (Å²) in [5, 5.41) is 4.17. The summed E-state index contributed by atoms with van der Waals surface area (Å²) >= 11 is 0. The summed E-state index contributed by atoms with van der Waals surface area (Å²) in [5.74, 6) is 0.123. The fourth-order valence-electron chi connectivity index (χ4n) is 1.79. The molecule has 2 aromatic heterocycles. The summed E-state index contributed by atoms with van der Waals surface area (Å²) in [6.07, 6.45) is 3.16. The molecule has 2 heterocycles. The van der Waals surface area contributed by atoms with E-state index in [1.807, 2.05) is 19.1 Å². The number of aryl methyl sites for hydroxylation is 1. The highest BCUT2D eigenvalue weighted by atomic mass is 16.5. The van der Waals surface area contributed by atoms with Gasteiger partial charge in [-0.3, -0.25) is 4.68 Å². The van der Waals surface area contributed by atoms with Crippen molar-refractivity contribution < 1.29 is 14.3 Å². The summed E-state index contributed by atoms with van der Waals surface area (Å²) in [4.78, 5) is 15.9. The highest BCUT2D eigenvalue weighted by Crippen LogP contribution is 2.14. The Morgan fingerprint density at radius 3 is 2.85 bits per heavy atom. The average Bonchev–Trinajstić information content (AvgIpc) is 2.89. The highest BCUT2D eigenvalue weighted by molar-refractivity contribution is 5.90. The molecule has 0 saturated heterocycles. The van der Waals surface area contributed by atoms with Crippen LogP contribution in [0.25, 0.3) is 0 Å². The van der Waals surface area contributed by atoms with Crippen molar-refractivity contribution >= 4 is 5.97 Å². The van der Waals surface area contributed by atoms with Crippen LogP contribution >= 0.6 is 0 Å². The molecule has 0 aliphatic rings. The van der Waals surface area contributed by atoms with Gasteiger partial charge in [-0.15, -0.1) is 0 Å². The number of carbonyl (C=O) groups is 1. The Labute approximate surface area is 117 Å². The van der Waals surface area contributed by atoms with E-state index >= 15 is 0 Å². The zero-order valence-electron chi connectivity index (χ0n) is 11.6. The van der Waals surface area contributed by atoms with Crippen LogP contribution < -0.4 is 4.74 Å². The van der Waals surface area contributed by atoms with E-state index in [1.54, 1.807) is 23.9 Å². The van der Waals surface area contributed by atoms with Crippen molar-refractivity contribution in [2.75, 3.05) is 6.61 Å². The molecular formula is C14H17N3O3. The largest absolute Gasteiger partial charge is 0.471 e. The van der Waals surface area contributed by atoms with Crippen molar-refractivity contribution in [2.45, 2.75) is 27.0 Å². The number of ether oxygens (including phenoxy) is 2. The van der Waals surface area contributed by atoms with Gasteiger partial charge in [0, 0.05) is 18.8 Å². The van der Waals surface area contributed by atoms with Crippen molar-refractivity contribution in [3.8, 4) is 5.88 Å². The van der Waals surface area contributed by atoms with Gasteiger partial charge in [0.1, 0.15) is 12.2 Å². The summed E-state index contributed by atoms with van der Waals surface area (Å²) in [6, 6.07) is 5.41. The molecule has 0 atom stereocenters. The van der Waals surface area contributed by atoms with Gasteiger partial charge >= 0.3 is 5.97 Å². The first kappa shape index (κ1) is 14.0. The molecule has 0 unspecified atom stereocenters. The van der Waals surface area contributed by atoms with Gasteiger partial charge in [0.15, 0.2) is 0 Å². The number of nitrogens with zero attached hydrogens (tertiary/aromatic N) is 3. The minimum absolute atomic E-state index is 0.221. The Morgan fingerprint density at radius 2 is 2.20 bits per heavy atom. The van der Waals surface area contributed by atoms with Crippen LogP contribution in [0, 0.1) is 0 Å². The van der Waals surface area contributed by atoms with E-state index < -0.39 is 0 Å². The lowest BCUT2D eigenvalue weighted by Crippen LogP contribution is -2.12. The minimum atomic E-state index is -0.383. The molecule has 0 N–H and O–H groups in total. The highest BCUT2D eigenvalue weighted by Gasteiger charge is 2.18. The van der Waals surface area contributed by atoms with Crippen LogP contribution in [-0.2, 0) is 17.9 Å². The van der Waals surface area contributed by atoms with Crippen LogP contribution in [0.5, 0.6) is 5.88 Å². The van der Waals surface area contributed by atoms with Gasteiger partial charge in [0.05, 0.1) is 18.5 Å². The molecule has 0 amide bonds. The van der Waals surface area contributed by atoms with Gasteiger partial charge in [0.2, 0.25) is 5.88 Å². The van der Waals surface area contributed by atoms with Crippen molar-refractivity contribution in [3.63, 3.8) is 0 Å². The van der Waals surface area contributed by atoms with Gasteiger partial charge in [-0.2, -0.15) is 5.10 Å². The number of aromatic nitrogens is 3. The van der Waals surface area contributed by atoms with Gasteiger partial charge in [-0.1, -0.05) is 6.07 Å². The predicted molar refractivity (Wildman–Crippen MR) is 72.4 cm³/mol. The van der Waals surface area contributed by atoms with Crippen LogP contribution in [0.15, 0.2) is 30.6 Å². The number of esters is 1. The quantitative estimate of drug-likeness (QED) is 0.755. The lowest BCUT2D eigenvalue weighted by molar-refractivity contribution is 0.0523. The first-order valence-electron chi connectivity index (χ1n) is 6.51. The van der Waals surface area contributed by atoms with Crippen molar-refractivity contribution in [1.82, 2.24) is 14.8 Å². The van der Waals surface area contributed by atoms with E-state index in [1.165, 1.54) is 6.20 Å². The minimum Gasteiger partial charge on any atom is -0.471 e. The average molecular weight is 275 g/mol. The molecule has 0 saturated carbocycles. The Balaban J connectivity index is 2.16. The number of carbonyl (C=O) groups excluding carboxylic acids is 1. The molecule has 0 spiro atoms. The first-order chi connectivity index (χ1) is 9.76. The smallest absolute Gasteiger partial charge is 0.341 e. The van der Waals surface area contributed by atoms with Gasteiger partial charge in [0.25, 0.3) is 0 Å². The molecule has 0 aliphatic heterocycles. The van der Waals surface area contributed by atoms with Crippen LogP contribution in [0.2, 0.25) is 0 Å². The van der Waals surface area contributed by atoms with Crippen molar-refractivity contribution in [2.24, 2.45) is 0 Å². The second kappa shape index (κ2) is 6.70. The maximum Gasteiger partial charge on any atom is 0.341 e. The third-order valence-corrected chi connectivity index (χ3v) is 2.74. The molecule has 0 aromatic carbocycles. The zero-order chi connectivity index (χ0) is 14.4. The molecule has 6 nitrogen and oxygen atoms in total. The second-order valence-corrected chi connectivity index (χ2v) is 4.00. The number of pyridine rings is 1. The number of rotatable bonds is 6. The molecule has 106 valence electrons. The van der Waals surface area contributed by atoms with Gasteiger partial charge in [-0.05, 0) is 19.9 Å². The molecular weight excluding hydrogens is 258 g/mol. The molecule has 6 heteroatoms. The maximum atomic E-state index is 11.9. The second-order valence-electron chi connectivity index (χ2n) is 4.00. The topological polar surface area (TPSA) is 66.2 Å². The SMILES string of the molecule is CCOC(=O)c1cnn(CC)c1COc1ccccn1. The summed E-state index contributed by atoms with van der Waals surface area (Å²) in [6.45, 7) is 4.93. The normalized spacial score (nSPS) is 10.3. The van der Waals surface area contributed by atoms with E-state index in [2.05, 4.69) is 10.1 Å².